The van der Waals surface area contributed by atoms with Gasteiger partial charge in [0.15, 0.2) is 0 Å². The maximum Gasteiger partial charge on any atom is 0.0470 e. The number of allylic oxidation sites excluding steroid dienone is 2. The van der Waals surface area contributed by atoms with Crippen LogP contribution in [0.4, 0.5) is 34.1 Å². The van der Waals surface area contributed by atoms with Gasteiger partial charge < -0.3 is 9.80 Å². The van der Waals surface area contributed by atoms with Crippen LogP contribution in [-0.2, 0) is 25.7 Å². The van der Waals surface area contributed by atoms with E-state index >= 15 is 0 Å². The van der Waals surface area contributed by atoms with Gasteiger partial charge in [-0.05, 0) is 206 Å². The molecule has 8 aromatic rings. The molecule has 0 N–H and O–H groups in total. The minimum absolute atomic E-state index is 1.06. The highest BCUT2D eigenvalue weighted by Gasteiger charge is 2.25. The summed E-state index contributed by atoms with van der Waals surface area (Å²) < 4.78 is 0. The molecule has 0 aliphatic heterocycles. The van der Waals surface area contributed by atoms with E-state index in [4.69, 9.17) is 0 Å². The molecule has 2 aliphatic rings. The number of rotatable bonds is 8. The molecule has 58 heavy (non-hydrogen) atoms. The summed E-state index contributed by atoms with van der Waals surface area (Å²) in [4.78, 5) is 4.83. The molecule has 0 atom stereocenters. The maximum absolute atomic E-state index is 2.45. The number of aryl methyl sites for hydroxylation is 8. The second-order valence-corrected chi connectivity index (χ2v) is 16.9. The summed E-state index contributed by atoms with van der Waals surface area (Å²) in [5, 5.41) is 5.55. The molecule has 2 aliphatic carbocycles. The van der Waals surface area contributed by atoms with Crippen molar-refractivity contribution in [1.82, 2.24) is 0 Å². The molecular weight excluding hydrogens is 701 g/mol. The lowest BCUT2D eigenvalue weighted by molar-refractivity contribution is 1.02. The Bertz CT molecular complexity index is 2620. The Morgan fingerprint density at radius 1 is 0.345 bits per heavy atom. The molecule has 0 unspecified atom stereocenters. The molecule has 2 heteroatoms. The van der Waals surface area contributed by atoms with Crippen LogP contribution in [0.3, 0.4) is 0 Å². The summed E-state index contributed by atoms with van der Waals surface area (Å²) in [6.07, 6.45) is 4.27. The third kappa shape index (κ3) is 6.19. The molecule has 0 saturated heterocycles. The predicted octanol–water partition coefficient (Wildman–Crippen LogP) is 15.3. The summed E-state index contributed by atoms with van der Waals surface area (Å²) in [6, 6.07) is 54.9. The molecule has 284 valence electrons. The van der Waals surface area contributed by atoms with Crippen molar-refractivity contribution in [2.24, 2.45) is 0 Å². The minimum Gasteiger partial charge on any atom is -0.310 e. The van der Waals surface area contributed by atoms with Crippen LogP contribution in [0, 0.1) is 27.7 Å². The summed E-state index contributed by atoms with van der Waals surface area (Å²) in [5.74, 6) is 0. The quantitative estimate of drug-likeness (QED) is 0.143. The van der Waals surface area contributed by atoms with Crippen molar-refractivity contribution < 1.29 is 0 Å². The lowest BCUT2D eigenvalue weighted by atomic mass is 9.88. The van der Waals surface area contributed by atoms with Crippen LogP contribution in [0.5, 0.6) is 0 Å². The van der Waals surface area contributed by atoms with Gasteiger partial charge in [-0.2, -0.15) is 0 Å². The minimum atomic E-state index is 1.06. The zero-order valence-corrected chi connectivity index (χ0v) is 34.6. The molecule has 0 amide bonds. The van der Waals surface area contributed by atoms with Crippen molar-refractivity contribution in [2.45, 2.75) is 67.2 Å². The zero-order valence-electron chi connectivity index (χ0n) is 34.6. The number of benzene rings is 8. The van der Waals surface area contributed by atoms with E-state index in [1.165, 1.54) is 122 Å². The smallest absolute Gasteiger partial charge is 0.0470 e. The van der Waals surface area contributed by atoms with Gasteiger partial charge in [-0.3, -0.25) is 0 Å². The molecule has 2 nitrogen and oxygen atoms in total. The van der Waals surface area contributed by atoms with Gasteiger partial charge in [0.2, 0.25) is 0 Å². The Morgan fingerprint density at radius 3 is 0.966 bits per heavy atom. The number of hydrogen-bond donors (Lipinski definition) is 0. The Labute approximate surface area is 343 Å². The molecular formula is C56H50N2. The van der Waals surface area contributed by atoms with Gasteiger partial charge in [0.25, 0.3) is 0 Å². The highest BCUT2D eigenvalue weighted by Crippen LogP contribution is 2.46. The van der Waals surface area contributed by atoms with Crippen LogP contribution in [0.25, 0.3) is 32.7 Å². The molecule has 0 fully saturated rings. The van der Waals surface area contributed by atoms with E-state index < -0.39 is 0 Å². The van der Waals surface area contributed by atoms with Crippen molar-refractivity contribution in [1.29, 1.82) is 0 Å². The Balaban J connectivity index is 1.03. The average molecular weight is 751 g/mol. The van der Waals surface area contributed by atoms with Crippen LogP contribution >= 0.6 is 0 Å². The normalized spacial score (nSPS) is 13.3. The second kappa shape index (κ2) is 14.2. The number of anilines is 6. The third-order valence-electron chi connectivity index (χ3n) is 12.9. The first-order valence-electron chi connectivity index (χ1n) is 20.9. The number of nitrogens with zero attached hydrogens (tertiary/aromatic N) is 2. The van der Waals surface area contributed by atoms with Gasteiger partial charge in [0, 0.05) is 34.1 Å². The van der Waals surface area contributed by atoms with Gasteiger partial charge >= 0.3 is 0 Å². The van der Waals surface area contributed by atoms with Crippen molar-refractivity contribution in [3.63, 3.8) is 0 Å². The van der Waals surface area contributed by atoms with Crippen LogP contribution in [0.1, 0.15) is 69.5 Å². The first-order chi connectivity index (χ1) is 28.2. The monoisotopic (exact) mass is 750 g/mol. The fraction of sp³-hybridized carbons (Fsp3) is 0.179. The standard InChI is InChI=1S/C56H50N2/c1-35-7-19-45(20-8-35)57(46-21-9-36(2)10-22-46)49-31-41-15-27-51(53-29-17-43(33-49)55(41)53)39(5)40(6)52-28-16-42-32-50(34-44-18-30-54(52)56(42)44)58(47-23-11-37(3)12-24-47)48-25-13-38(4)14-26-48/h7-16,19-28,31-34H,17-18,29-30H2,1-6H3/b40-39+. The van der Waals surface area contributed by atoms with Gasteiger partial charge in [-0.1, -0.05) is 95.1 Å². The zero-order chi connectivity index (χ0) is 39.7. The molecule has 0 spiro atoms. The fourth-order valence-electron chi connectivity index (χ4n) is 9.70. The van der Waals surface area contributed by atoms with Crippen LogP contribution < -0.4 is 9.80 Å². The molecule has 10 rings (SSSR count). The van der Waals surface area contributed by atoms with Gasteiger partial charge in [0.1, 0.15) is 0 Å². The SMILES string of the molecule is C/C(=C(/C)c1ccc2cc(N(c3ccc(C)cc3)c3ccc(C)cc3)cc3c2c1CC3)c1ccc2cc(N(c3ccc(C)cc3)c3ccc(C)cc3)cc3c2c1CC3. The Morgan fingerprint density at radius 2 is 0.655 bits per heavy atom. The predicted molar refractivity (Wildman–Crippen MR) is 249 cm³/mol. The van der Waals surface area contributed by atoms with E-state index in [1.807, 2.05) is 0 Å². The van der Waals surface area contributed by atoms with E-state index in [1.54, 1.807) is 0 Å². The first-order valence-corrected chi connectivity index (χ1v) is 20.9. The Hall–Kier alpha value is -6.38. The van der Waals surface area contributed by atoms with Crippen LogP contribution in [0.15, 0.2) is 146 Å². The fourth-order valence-corrected chi connectivity index (χ4v) is 9.70. The highest BCUT2D eigenvalue weighted by atomic mass is 15.1. The highest BCUT2D eigenvalue weighted by molar-refractivity contribution is 6.04. The molecule has 0 aromatic heterocycles. The van der Waals surface area contributed by atoms with Crippen LogP contribution in [0.2, 0.25) is 0 Å². The van der Waals surface area contributed by atoms with E-state index in [2.05, 4.69) is 197 Å². The molecule has 0 bridgehead atoms. The van der Waals surface area contributed by atoms with Gasteiger partial charge in [0.05, 0.1) is 0 Å². The van der Waals surface area contributed by atoms with Crippen LogP contribution in [-0.4, -0.2) is 0 Å². The largest absolute Gasteiger partial charge is 0.310 e. The summed E-state index contributed by atoms with van der Waals surface area (Å²) in [7, 11) is 0. The lowest BCUT2D eigenvalue weighted by Crippen LogP contribution is -2.10. The summed E-state index contributed by atoms with van der Waals surface area (Å²) >= 11 is 0. The topological polar surface area (TPSA) is 6.48 Å². The van der Waals surface area contributed by atoms with Crippen molar-refractivity contribution in [2.75, 3.05) is 9.80 Å². The molecule has 0 heterocycles. The average Bonchev–Trinajstić information content (AvgIpc) is 3.87. The van der Waals surface area contributed by atoms with Gasteiger partial charge in [-0.25, -0.2) is 0 Å². The van der Waals surface area contributed by atoms with Crippen molar-refractivity contribution >= 4 is 66.8 Å². The molecule has 0 saturated carbocycles. The van der Waals surface area contributed by atoms with E-state index in [0.717, 1.165) is 25.7 Å². The van der Waals surface area contributed by atoms with E-state index in [0.29, 0.717) is 0 Å². The van der Waals surface area contributed by atoms with E-state index in [9.17, 15) is 0 Å². The summed E-state index contributed by atoms with van der Waals surface area (Å²) in [6.45, 7) is 13.3. The lowest BCUT2D eigenvalue weighted by Gasteiger charge is -2.27. The van der Waals surface area contributed by atoms with E-state index in [-0.39, 0.29) is 0 Å². The number of hydrogen-bond acceptors (Lipinski definition) is 2. The maximum atomic E-state index is 2.45. The second-order valence-electron chi connectivity index (χ2n) is 16.9. The Kier molecular flexibility index (Phi) is 8.82. The van der Waals surface area contributed by atoms with Crippen molar-refractivity contribution in [3.8, 4) is 0 Å². The summed E-state index contributed by atoms with van der Waals surface area (Å²) in [5.41, 5.74) is 23.7. The third-order valence-corrected chi connectivity index (χ3v) is 12.9. The first kappa shape index (κ1) is 36.0. The molecule has 0 radical (unpaired) electrons. The van der Waals surface area contributed by atoms with Gasteiger partial charge in [-0.15, -0.1) is 0 Å². The molecule has 8 aromatic carbocycles. The van der Waals surface area contributed by atoms with Crippen molar-refractivity contribution in [3.05, 3.63) is 201 Å².